The number of benzene rings is 2. The van der Waals surface area contributed by atoms with Gasteiger partial charge in [-0.25, -0.2) is 4.79 Å². The molecular formula is C19H19N3O7. The Labute approximate surface area is 165 Å². The van der Waals surface area contributed by atoms with Crippen LogP contribution in [0.5, 0.6) is 0 Å². The normalized spacial score (nSPS) is 12.5. The maximum atomic E-state index is 12.2. The van der Waals surface area contributed by atoms with Crippen LogP contribution in [-0.2, 0) is 9.53 Å². The quantitative estimate of drug-likeness (QED) is 0.453. The van der Waals surface area contributed by atoms with Crippen LogP contribution in [0.1, 0.15) is 27.6 Å². The molecule has 10 heteroatoms. The number of hydrogen-bond acceptors (Lipinski definition) is 6. The molecule has 0 aliphatic rings. The number of carbonyl (C=O) groups excluding carboxylic acids is 2. The summed E-state index contributed by atoms with van der Waals surface area (Å²) in [6.45, 7) is 1.51. The van der Waals surface area contributed by atoms with E-state index in [9.17, 15) is 24.5 Å². The number of anilines is 1. The van der Waals surface area contributed by atoms with Gasteiger partial charge < -0.3 is 20.5 Å². The molecule has 0 radical (unpaired) electrons. The van der Waals surface area contributed by atoms with E-state index in [2.05, 4.69) is 10.6 Å². The Morgan fingerprint density at radius 2 is 1.52 bits per heavy atom. The van der Waals surface area contributed by atoms with Gasteiger partial charge in [0.15, 0.2) is 6.10 Å². The molecule has 29 heavy (non-hydrogen) atoms. The first-order valence-corrected chi connectivity index (χ1v) is 8.45. The van der Waals surface area contributed by atoms with Crippen molar-refractivity contribution in [2.75, 3.05) is 12.4 Å². The zero-order chi connectivity index (χ0) is 21.6. The van der Waals surface area contributed by atoms with Gasteiger partial charge in [-0.15, -0.1) is 0 Å². The van der Waals surface area contributed by atoms with Crippen LogP contribution >= 0.6 is 0 Å². The van der Waals surface area contributed by atoms with Gasteiger partial charge in [-0.05, 0) is 43.3 Å². The summed E-state index contributed by atoms with van der Waals surface area (Å²) >= 11 is 0. The monoisotopic (exact) mass is 401 g/mol. The largest absolute Gasteiger partial charge is 0.479 e. The molecule has 0 saturated heterocycles. The van der Waals surface area contributed by atoms with Crippen LogP contribution in [0.3, 0.4) is 0 Å². The van der Waals surface area contributed by atoms with Gasteiger partial charge in [0, 0.05) is 36.1 Å². The predicted molar refractivity (Wildman–Crippen MR) is 103 cm³/mol. The third-order valence-electron chi connectivity index (χ3n) is 4.06. The van der Waals surface area contributed by atoms with E-state index in [-0.39, 0.29) is 16.8 Å². The molecule has 0 saturated carbocycles. The number of ether oxygens (including phenoxy) is 1. The molecule has 0 aliphatic carbocycles. The molecule has 0 bridgehead atoms. The highest BCUT2D eigenvalue weighted by Gasteiger charge is 2.25. The topological polar surface area (TPSA) is 148 Å². The van der Waals surface area contributed by atoms with Crippen molar-refractivity contribution in [3.63, 3.8) is 0 Å². The summed E-state index contributed by atoms with van der Waals surface area (Å²) in [6.07, 6.45) is -1.18. The highest BCUT2D eigenvalue weighted by molar-refractivity contribution is 6.04. The van der Waals surface area contributed by atoms with E-state index >= 15 is 0 Å². The Morgan fingerprint density at radius 1 is 1.00 bits per heavy atom. The van der Waals surface area contributed by atoms with Crippen LogP contribution < -0.4 is 10.6 Å². The SMILES string of the molecule is CO[C@@H](C(=O)O)[C@H](C)NC(=O)c1ccc(NC(=O)c2ccc([N+](=O)[O-])cc2)cc1. The Morgan fingerprint density at radius 3 is 2.00 bits per heavy atom. The standard InChI is InChI=1S/C19H19N3O7/c1-11(16(29-2)19(25)26)20-17(23)12-3-7-14(8-4-12)21-18(24)13-5-9-15(10-6-13)22(27)28/h3-11,16H,1-2H3,(H,20,23)(H,21,24)(H,25,26)/t11-,16+/m0/s1. The molecule has 2 aromatic carbocycles. The predicted octanol–water partition coefficient (Wildman–Crippen LogP) is 2.06. The van der Waals surface area contributed by atoms with E-state index in [0.29, 0.717) is 5.69 Å². The number of nitro groups is 1. The van der Waals surface area contributed by atoms with Crippen LogP contribution in [-0.4, -0.2) is 47.1 Å². The van der Waals surface area contributed by atoms with Crippen molar-refractivity contribution >= 4 is 29.2 Å². The molecule has 2 aromatic rings. The lowest BCUT2D eigenvalue weighted by Gasteiger charge is -2.20. The number of aliphatic carboxylic acids is 1. The molecule has 2 atom stereocenters. The number of nitrogens with zero attached hydrogens (tertiary/aromatic N) is 1. The first-order valence-electron chi connectivity index (χ1n) is 8.45. The number of carbonyl (C=O) groups is 3. The second kappa shape index (κ2) is 9.42. The average Bonchev–Trinajstić information content (AvgIpc) is 2.68. The van der Waals surface area contributed by atoms with Gasteiger partial charge in [0.05, 0.1) is 11.0 Å². The lowest BCUT2D eigenvalue weighted by molar-refractivity contribution is -0.384. The fraction of sp³-hybridized carbons (Fsp3) is 0.211. The number of nitro benzene ring substituents is 1. The molecule has 3 N–H and O–H groups in total. The Hall–Kier alpha value is -3.79. The number of hydrogen-bond donors (Lipinski definition) is 3. The second-order valence-electron chi connectivity index (χ2n) is 6.09. The molecule has 0 aliphatic heterocycles. The second-order valence-corrected chi connectivity index (χ2v) is 6.09. The van der Waals surface area contributed by atoms with Crippen molar-refractivity contribution in [3.05, 3.63) is 69.8 Å². The molecule has 0 spiro atoms. The zero-order valence-electron chi connectivity index (χ0n) is 15.6. The number of amides is 2. The van der Waals surface area contributed by atoms with Gasteiger partial charge in [-0.3, -0.25) is 19.7 Å². The zero-order valence-corrected chi connectivity index (χ0v) is 15.6. The summed E-state index contributed by atoms with van der Waals surface area (Å²) in [6, 6.07) is 10.3. The van der Waals surface area contributed by atoms with Gasteiger partial charge in [0.1, 0.15) is 0 Å². The molecule has 0 unspecified atom stereocenters. The molecule has 152 valence electrons. The van der Waals surface area contributed by atoms with E-state index in [1.807, 2.05) is 0 Å². The maximum Gasteiger partial charge on any atom is 0.334 e. The maximum absolute atomic E-state index is 12.2. The highest BCUT2D eigenvalue weighted by Crippen LogP contribution is 2.15. The molecule has 0 heterocycles. The average molecular weight is 401 g/mol. The van der Waals surface area contributed by atoms with E-state index in [1.165, 1.54) is 62.6 Å². The first-order chi connectivity index (χ1) is 13.7. The van der Waals surface area contributed by atoms with E-state index in [4.69, 9.17) is 9.84 Å². The van der Waals surface area contributed by atoms with Crippen LogP contribution in [0.2, 0.25) is 0 Å². The molecule has 2 amide bonds. The van der Waals surface area contributed by atoms with Crippen LogP contribution in [0.25, 0.3) is 0 Å². The van der Waals surface area contributed by atoms with Crippen LogP contribution in [0.15, 0.2) is 48.5 Å². The molecule has 2 rings (SSSR count). The number of nitrogens with one attached hydrogen (secondary N) is 2. The third kappa shape index (κ3) is 5.59. The van der Waals surface area contributed by atoms with Crippen molar-refractivity contribution < 1.29 is 29.2 Å². The van der Waals surface area contributed by atoms with Gasteiger partial charge in [0.25, 0.3) is 17.5 Å². The number of rotatable bonds is 8. The number of carboxylic acids is 1. The third-order valence-corrected chi connectivity index (χ3v) is 4.06. The summed E-state index contributed by atoms with van der Waals surface area (Å²) in [4.78, 5) is 45.6. The smallest absolute Gasteiger partial charge is 0.334 e. The van der Waals surface area contributed by atoms with Crippen molar-refractivity contribution in [2.24, 2.45) is 0 Å². The van der Waals surface area contributed by atoms with Crippen molar-refractivity contribution in [1.82, 2.24) is 5.32 Å². The number of methoxy groups -OCH3 is 1. The summed E-state index contributed by atoms with van der Waals surface area (Å²) < 4.78 is 4.84. The van der Waals surface area contributed by atoms with E-state index in [1.54, 1.807) is 0 Å². The van der Waals surface area contributed by atoms with Crippen molar-refractivity contribution in [3.8, 4) is 0 Å². The minimum Gasteiger partial charge on any atom is -0.479 e. The Bertz CT molecular complexity index is 910. The van der Waals surface area contributed by atoms with Gasteiger partial charge >= 0.3 is 5.97 Å². The summed E-state index contributed by atoms with van der Waals surface area (Å²) in [7, 11) is 1.24. The van der Waals surface area contributed by atoms with Gasteiger partial charge in [-0.1, -0.05) is 0 Å². The fourth-order valence-electron chi connectivity index (χ4n) is 2.53. The fourth-order valence-corrected chi connectivity index (χ4v) is 2.53. The van der Waals surface area contributed by atoms with Gasteiger partial charge in [-0.2, -0.15) is 0 Å². The summed E-state index contributed by atoms with van der Waals surface area (Å²) in [5, 5.41) is 24.8. The number of non-ortho nitro benzene ring substituents is 1. The Balaban J connectivity index is 2.00. The first kappa shape index (κ1) is 21.5. The highest BCUT2D eigenvalue weighted by atomic mass is 16.6. The van der Waals surface area contributed by atoms with E-state index in [0.717, 1.165) is 0 Å². The molecular weight excluding hydrogens is 382 g/mol. The summed E-state index contributed by atoms with van der Waals surface area (Å²) in [5.74, 6) is -2.14. The van der Waals surface area contributed by atoms with Gasteiger partial charge in [0.2, 0.25) is 0 Å². The van der Waals surface area contributed by atoms with Crippen molar-refractivity contribution in [1.29, 1.82) is 0 Å². The van der Waals surface area contributed by atoms with E-state index < -0.39 is 34.9 Å². The summed E-state index contributed by atoms with van der Waals surface area (Å²) in [5.41, 5.74) is 0.805. The minimum absolute atomic E-state index is 0.121. The molecule has 10 nitrogen and oxygen atoms in total. The lowest BCUT2D eigenvalue weighted by atomic mass is 10.1. The van der Waals surface area contributed by atoms with Crippen LogP contribution in [0.4, 0.5) is 11.4 Å². The number of carboxylic acid groups (broad SMARTS) is 1. The van der Waals surface area contributed by atoms with Crippen LogP contribution in [0, 0.1) is 10.1 Å². The lowest BCUT2D eigenvalue weighted by Crippen LogP contribution is -2.45. The van der Waals surface area contributed by atoms with Crippen molar-refractivity contribution in [2.45, 2.75) is 19.1 Å². The Kier molecular flexibility index (Phi) is 6.99. The molecule has 0 fully saturated rings. The minimum atomic E-state index is -1.19. The molecule has 0 aromatic heterocycles.